The molecule has 2 N–H and O–H groups in total. The number of rotatable bonds is 10. The Morgan fingerprint density at radius 2 is 1.67 bits per heavy atom. The van der Waals surface area contributed by atoms with Crippen LogP contribution in [0, 0.1) is 24.2 Å². The molecule has 2 unspecified atom stereocenters. The average molecular weight is 451 g/mol. The second-order valence-electron chi connectivity index (χ2n) is 10.7. The average Bonchev–Trinajstić information content (AvgIpc) is 3.42. The monoisotopic (exact) mass is 450 g/mol. The third-order valence-electron chi connectivity index (χ3n) is 6.42. The van der Waals surface area contributed by atoms with E-state index < -0.39 is 11.4 Å². The standard InChI is InChI=1S/C28H38N2O3/c1-18(2)16-30(17-19(3)4)25-12-11-22(23-15-28(23,6)27(32)33)14-24(25)29-26(31)13-21-9-7-20(5)8-10-21/h7-12,14,18-19,23H,13,15-17H2,1-6H3,(H,29,31)(H,32,33). The van der Waals surface area contributed by atoms with Crippen molar-refractivity contribution in [2.24, 2.45) is 17.3 Å². The number of benzene rings is 2. The van der Waals surface area contributed by atoms with Crippen molar-refractivity contribution in [2.45, 2.75) is 60.3 Å². The van der Waals surface area contributed by atoms with Crippen molar-refractivity contribution < 1.29 is 14.7 Å². The zero-order valence-electron chi connectivity index (χ0n) is 20.8. The van der Waals surface area contributed by atoms with Crippen LogP contribution in [0.25, 0.3) is 0 Å². The summed E-state index contributed by atoms with van der Waals surface area (Å²) >= 11 is 0. The lowest BCUT2D eigenvalue weighted by Crippen LogP contribution is -2.32. The molecule has 2 aromatic carbocycles. The lowest BCUT2D eigenvalue weighted by atomic mass is 9.99. The van der Waals surface area contributed by atoms with Gasteiger partial charge in [0.15, 0.2) is 0 Å². The fourth-order valence-electron chi connectivity index (χ4n) is 4.47. The molecule has 2 aromatic rings. The highest BCUT2D eigenvalue weighted by atomic mass is 16.4. The van der Waals surface area contributed by atoms with Gasteiger partial charge in [0.2, 0.25) is 5.91 Å². The molecular formula is C28H38N2O3. The van der Waals surface area contributed by atoms with Crippen molar-refractivity contribution in [1.82, 2.24) is 0 Å². The fourth-order valence-corrected chi connectivity index (χ4v) is 4.47. The van der Waals surface area contributed by atoms with E-state index in [1.54, 1.807) is 6.92 Å². The van der Waals surface area contributed by atoms with Gasteiger partial charge in [-0.2, -0.15) is 0 Å². The minimum atomic E-state index is -0.761. The Balaban J connectivity index is 1.91. The van der Waals surface area contributed by atoms with Crippen molar-refractivity contribution in [3.05, 3.63) is 59.2 Å². The van der Waals surface area contributed by atoms with E-state index >= 15 is 0 Å². The van der Waals surface area contributed by atoms with Crippen LogP contribution < -0.4 is 10.2 Å². The molecule has 33 heavy (non-hydrogen) atoms. The summed E-state index contributed by atoms with van der Waals surface area (Å²) in [5.74, 6) is 0.0860. The minimum Gasteiger partial charge on any atom is -0.481 e. The number of nitrogens with one attached hydrogen (secondary N) is 1. The number of hydrogen-bond acceptors (Lipinski definition) is 3. The van der Waals surface area contributed by atoms with E-state index in [1.807, 2.05) is 43.3 Å². The molecule has 0 aromatic heterocycles. The summed E-state index contributed by atoms with van der Waals surface area (Å²) < 4.78 is 0. The SMILES string of the molecule is Cc1ccc(CC(=O)Nc2cc(C3CC3(C)C(=O)O)ccc2N(CC(C)C)CC(C)C)cc1. The fraction of sp³-hybridized carbons (Fsp3) is 0.500. The minimum absolute atomic E-state index is 0.0274. The number of aliphatic carboxylic acids is 1. The summed E-state index contributed by atoms with van der Waals surface area (Å²) in [6, 6.07) is 14.1. The van der Waals surface area contributed by atoms with Gasteiger partial charge < -0.3 is 15.3 Å². The highest BCUT2D eigenvalue weighted by Crippen LogP contribution is 2.59. The van der Waals surface area contributed by atoms with Gasteiger partial charge in [-0.25, -0.2) is 0 Å². The quantitative estimate of drug-likeness (QED) is 0.475. The van der Waals surface area contributed by atoms with Gasteiger partial charge in [0.05, 0.1) is 23.2 Å². The molecule has 1 amide bonds. The molecule has 2 atom stereocenters. The predicted molar refractivity (Wildman–Crippen MR) is 135 cm³/mol. The van der Waals surface area contributed by atoms with Crippen LogP contribution in [0.3, 0.4) is 0 Å². The van der Waals surface area contributed by atoms with Crippen LogP contribution >= 0.6 is 0 Å². The first-order chi connectivity index (χ1) is 15.5. The zero-order chi connectivity index (χ0) is 24.3. The molecular weight excluding hydrogens is 412 g/mol. The van der Waals surface area contributed by atoms with E-state index in [-0.39, 0.29) is 11.8 Å². The molecule has 5 nitrogen and oxygen atoms in total. The molecule has 1 aliphatic carbocycles. The maximum absolute atomic E-state index is 13.0. The van der Waals surface area contributed by atoms with Crippen molar-refractivity contribution in [3.63, 3.8) is 0 Å². The normalized spacial score (nSPS) is 19.6. The molecule has 0 aliphatic heterocycles. The molecule has 1 aliphatic rings. The Morgan fingerprint density at radius 1 is 1.06 bits per heavy atom. The van der Waals surface area contributed by atoms with Crippen molar-refractivity contribution in [3.8, 4) is 0 Å². The van der Waals surface area contributed by atoms with Crippen LogP contribution in [-0.2, 0) is 16.0 Å². The summed E-state index contributed by atoms with van der Waals surface area (Å²) in [7, 11) is 0. The van der Waals surface area contributed by atoms with E-state index in [0.717, 1.165) is 41.2 Å². The van der Waals surface area contributed by atoms with Crippen molar-refractivity contribution in [2.75, 3.05) is 23.3 Å². The molecule has 0 bridgehead atoms. The maximum atomic E-state index is 13.0. The molecule has 178 valence electrons. The highest BCUT2D eigenvalue weighted by molar-refractivity contribution is 5.96. The van der Waals surface area contributed by atoms with Crippen LogP contribution in [0.4, 0.5) is 11.4 Å². The van der Waals surface area contributed by atoms with Crippen molar-refractivity contribution >= 4 is 23.3 Å². The molecule has 0 saturated heterocycles. The van der Waals surface area contributed by atoms with Crippen molar-refractivity contribution in [1.29, 1.82) is 0 Å². The lowest BCUT2D eigenvalue weighted by Gasteiger charge is -2.31. The Hall–Kier alpha value is -2.82. The van der Waals surface area contributed by atoms with Crippen LogP contribution in [0.5, 0.6) is 0 Å². The first-order valence-electron chi connectivity index (χ1n) is 12.0. The Kier molecular flexibility index (Phi) is 7.51. The Bertz CT molecular complexity index is 987. The largest absolute Gasteiger partial charge is 0.481 e. The molecule has 3 rings (SSSR count). The highest BCUT2D eigenvalue weighted by Gasteiger charge is 2.57. The Labute approximate surface area is 198 Å². The molecule has 0 spiro atoms. The second-order valence-corrected chi connectivity index (χ2v) is 10.7. The third-order valence-corrected chi connectivity index (χ3v) is 6.42. The van der Waals surface area contributed by atoms with Gasteiger partial charge >= 0.3 is 5.97 Å². The number of anilines is 2. The molecule has 0 heterocycles. The lowest BCUT2D eigenvalue weighted by molar-refractivity contribution is -0.142. The van der Waals surface area contributed by atoms with Gasteiger partial charge in [0, 0.05) is 19.0 Å². The second kappa shape index (κ2) is 9.98. The van der Waals surface area contributed by atoms with Gasteiger partial charge in [-0.15, -0.1) is 0 Å². The van der Waals surface area contributed by atoms with Gasteiger partial charge in [0.25, 0.3) is 0 Å². The topological polar surface area (TPSA) is 69.6 Å². The van der Waals surface area contributed by atoms with Crippen LogP contribution in [-0.4, -0.2) is 30.1 Å². The zero-order valence-corrected chi connectivity index (χ0v) is 20.8. The summed E-state index contributed by atoms with van der Waals surface area (Å²) in [5.41, 5.74) is 4.15. The summed E-state index contributed by atoms with van der Waals surface area (Å²) in [6.07, 6.45) is 0.925. The van der Waals surface area contributed by atoms with E-state index in [4.69, 9.17) is 0 Å². The van der Waals surface area contributed by atoms with Crippen LogP contribution in [0.15, 0.2) is 42.5 Å². The van der Waals surface area contributed by atoms with Crippen LogP contribution in [0.1, 0.15) is 63.6 Å². The van der Waals surface area contributed by atoms with E-state index in [9.17, 15) is 14.7 Å². The first-order valence-corrected chi connectivity index (χ1v) is 12.0. The number of carboxylic acid groups (broad SMARTS) is 1. The number of carboxylic acids is 1. The molecule has 5 heteroatoms. The number of aryl methyl sites for hydroxylation is 1. The third kappa shape index (κ3) is 6.16. The van der Waals surface area contributed by atoms with E-state index in [0.29, 0.717) is 24.7 Å². The number of hydrogen-bond donors (Lipinski definition) is 2. The van der Waals surface area contributed by atoms with E-state index in [1.165, 1.54) is 0 Å². The molecule has 0 radical (unpaired) electrons. The van der Waals surface area contributed by atoms with Crippen LogP contribution in [0.2, 0.25) is 0 Å². The Morgan fingerprint density at radius 3 is 2.18 bits per heavy atom. The summed E-state index contributed by atoms with van der Waals surface area (Å²) in [4.78, 5) is 27.0. The summed E-state index contributed by atoms with van der Waals surface area (Å²) in [5, 5.41) is 12.8. The number of amides is 1. The first kappa shape index (κ1) is 24.8. The van der Waals surface area contributed by atoms with E-state index in [2.05, 4.69) is 44.0 Å². The van der Waals surface area contributed by atoms with Gasteiger partial charge in [-0.1, -0.05) is 63.6 Å². The maximum Gasteiger partial charge on any atom is 0.309 e. The molecule has 1 saturated carbocycles. The predicted octanol–water partition coefficient (Wildman–Crippen LogP) is 5.87. The summed E-state index contributed by atoms with van der Waals surface area (Å²) in [6.45, 7) is 14.4. The smallest absolute Gasteiger partial charge is 0.309 e. The van der Waals surface area contributed by atoms with Gasteiger partial charge in [-0.3, -0.25) is 9.59 Å². The van der Waals surface area contributed by atoms with Gasteiger partial charge in [-0.05, 0) is 55.4 Å². The molecule has 1 fully saturated rings. The van der Waals surface area contributed by atoms with Gasteiger partial charge in [0.1, 0.15) is 0 Å². The number of nitrogens with zero attached hydrogens (tertiary/aromatic N) is 1. The number of carbonyl (C=O) groups is 2. The number of carbonyl (C=O) groups excluding carboxylic acids is 1.